The summed E-state index contributed by atoms with van der Waals surface area (Å²) in [5, 5.41) is 3.04. The second-order valence-electron chi connectivity index (χ2n) is 8.35. The summed E-state index contributed by atoms with van der Waals surface area (Å²) >= 11 is 6.01. The van der Waals surface area contributed by atoms with Crippen LogP contribution in [-0.4, -0.2) is 51.4 Å². The molecule has 0 heterocycles. The van der Waals surface area contributed by atoms with E-state index >= 15 is 0 Å². The van der Waals surface area contributed by atoms with Crippen molar-refractivity contribution >= 4 is 39.1 Å². The first-order chi connectivity index (χ1) is 18.1. The van der Waals surface area contributed by atoms with Crippen molar-refractivity contribution in [3.63, 3.8) is 0 Å². The average molecular weight is 562 g/mol. The van der Waals surface area contributed by atoms with E-state index in [0.29, 0.717) is 17.3 Å². The third kappa shape index (κ3) is 6.81. The Kier molecular flexibility index (Phi) is 9.71. The minimum Gasteiger partial charge on any atom is -0.497 e. The highest BCUT2D eigenvalue weighted by Crippen LogP contribution is 2.27. The van der Waals surface area contributed by atoms with Crippen LogP contribution in [0, 0.1) is 5.82 Å². The van der Waals surface area contributed by atoms with E-state index in [9.17, 15) is 22.4 Å². The van der Waals surface area contributed by atoms with Crippen LogP contribution in [0.2, 0.25) is 5.02 Å². The van der Waals surface area contributed by atoms with Crippen molar-refractivity contribution in [3.8, 4) is 5.75 Å². The molecule has 0 aromatic heterocycles. The van der Waals surface area contributed by atoms with Crippen molar-refractivity contribution in [3.05, 3.63) is 89.2 Å². The Morgan fingerprint density at radius 1 is 1.03 bits per heavy atom. The maximum atomic E-state index is 14.5. The summed E-state index contributed by atoms with van der Waals surface area (Å²) in [6, 6.07) is 16.6. The summed E-state index contributed by atoms with van der Waals surface area (Å²) in [4.78, 5) is 27.5. The number of hydrogen-bond acceptors (Lipinski definition) is 5. The van der Waals surface area contributed by atoms with Crippen LogP contribution in [0.25, 0.3) is 0 Å². The Hall–Kier alpha value is -3.63. The summed E-state index contributed by atoms with van der Waals surface area (Å²) in [5.74, 6) is -1.23. The largest absolute Gasteiger partial charge is 0.497 e. The van der Waals surface area contributed by atoms with Crippen molar-refractivity contribution in [2.45, 2.75) is 31.3 Å². The van der Waals surface area contributed by atoms with E-state index in [0.717, 1.165) is 9.21 Å². The van der Waals surface area contributed by atoms with Gasteiger partial charge in [-0.3, -0.25) is 13.9 Å². The molecule has 0 aliphatic carbocycles. The molecule has 3 aromatic carbocycles. The SMILES string of the molecule is CCNC(=O)C(C)N(Cc1ccccc1F)C(=O)CN(c1ccc(Cl)cc1)S(=O)(=O)c1ccc(OC)cc1. The van der Waals surface area contributed by atoms with Gasteiger partial charge in [0.1, 0.15) is 24.2 Å². The first kappa shape index (κ1) is 28.9. The summed E-state index contributed by atoms with van der Waals surface area (Å²) < 4.78 is 48.0. The number of carbonyl (C=O) groups excluding carboxylic acids is 2. The van der Waals surface area contributed by atoms with E-state index in [1.165, 1.54) is 80.8 Å². The number of sulfonamides is 1. The lowest BCUT2D eigenvalue weighted by Gasteiger charge is -2.32. The third-order valence-electron chi connectivity index (χ3n) is 5.86. The summed E-state index contributed by atoms with van der Waals surface area (Å²) in [5.41, 5.74) is 0.378. The maximum Gasteiger partial charge on any atom is 0.264 e. The Morgan fingerprint density at radius 2 is 1.66 bits per heavy atom. The molecule has 0 radical (unpaired) electrons. The van der Waals surface area contributed by atoms with Crippen molar-refractivity contribution in [2.75, 3.05) is 24.5 Å². The number of halogens is 2. The van der Waals surface area contributed by atoms with Gasteiger partial charge in [0.2, 0.25) is 11.8 Å². The van der Waals surface area contributed by atoms with E-state index in [1.54, 1.807) is 13.0 Å². The molecule has 0 saturated heterocycles. The van der Waals surface area contributed by atoms with Gasteiger partial charge in [-0.05, 0) is 68.4 Å². The monoisotopic (exact) mass is 561 g/mol. The van der Waals surface area contributed by atoms with Gasteiger partial charge >= 0.3 is 0 Å². The van der Waals surface area contributed by atoms with Gasteiger partial charge in [0.05, 0.1) is 17.7 Å². The van der Waals surface area contributed by atoms with Crippen molar-refractivity contribution in [1.82, 2.24) is 10.2 Å². The quantitative estimate of drug-likeness (QED) is 0.378. The number of anilines is 1. The molecule has 0 spiro atoms. The van der Waals surface area contributed by atoms with Crippen molar-refractivity contribution < 1.29 is 27.1 Å². The molecule has 38 heavy (non-hydrogen) atoms. The topological polar surface area (TPSA) is 96.0 Å². The zero-order valence-electron chi connectivity index (χ0n) is 21.2. The number of rotatable bonds is 11. The highest BCUT2D eigenvalue weighted by Gasteiger charge is 2.32. The maximum absolute atomic E-state index is 14.5. The number of likely N-dealkylation sites (N-methyl/N-ethyl adjacent to an activating group) is 1. The lowest BCUT2D eigenvalue weighted by molar-refractivity contribution is -0.139. The number of amides is 2. The highest BCUT2D eigenvalue weighted by molar-refractivity contribution is 7.92. The molecule has 1 N–H and O–H groups in total. The van der Waals surface area contributed by atoms with Gasteiger partial charge in [-0.2, -0.15) is 0 Å². The fourth-order valence-corrected chi connectivity index (χ4v) is 5.27. The lowest BCUT2D eigenvalue weighted by atomic mass is 10.1. The molecule has 3 rings (SSSR count). The number of hydrogen-bond donors (Lipinski definition) is 1. The summed E-state index contributed by atoms with van der Waals surface area (Å²) in [7, 11) is -2.78. The zero-order chi connectivity index (χ0) is 27.9. The minimum atomic E-state index is -4.25. The van der Waals surface area contributed by atoms with Gasteiger partial charge in [-0.1, -0.05) is 29.8 Å². The van der Waals surface area contributed by atoms with Gasteiger partial charge in [-0.15, -0.1) is 0 Å². The molecule has 0 bridgehead atoms. The summed E-state index contributed by atoms with van der Waals surface area (Å²) in [6.07, 6.45) is 0. The van der Waals surface area contributed by atoms with Crippen LogP contribution < -0.4 is 14.4 Å². The fraction of sp³-hybridized carbons (Fsp3) is 0.259. The fourth-order valence-electron chi connectivity index (χ4n) is 3.73. The smallest absolute Gasteiger partial charge is 0.264 e. The van der Waals surface area contributed by atoms with Crippen LogP contribution in [0.1, 0.15) is 19.4 Å². The second kappa shape index (κ2) is 12.7. The average Bonchev–Trinajstić information content (AvgIpc) is 2.91. The Balaban J connectivity index is 2.03. The molecule has 8 nitrogen and oxygen atoms in total. The van der Waals surface area contributed by atoms with Crippen LogP contribution in [-0.2, 0) is 26.2 Å². The van der Waals surface area contributed by atoms with Gasteiger partial charge in [0.15, 0.2) is 0 Å². The molecule has 0 saturated carbocycles. The normalized spacial score (nSPS) is 11.9. The molecule has 11 heteroatoms. The number of nitrogens with one attached hydrogen (secondary N) is 1. The molecule has 2 amide bonds. The first-order valence-electron chi connectivity index (χ1n) is 11.8. The highest BCUT2D eigenvalue weighted by atomic mass is 35.5. The van der Waals surface area contributed by atoms with Crippen LogP contribution >= 0.6 is 11.6 Å². The zero-order valence-corrected chi connectivity index (χ0v) is 22.8. The van der Waals surface area contributed by atoms with Crippen LogP contribution in [0.4, 0.5) is 10.1 Å². The first-order valence-corrected chi connectivity index (χ1v) is 13.6. The lowest BCUT2D eigenvalue weighted by Crippen LogP contribution is -2.51. The van der Waals surface area contributed by atoms with Gasteiger partial charge in [0.25, 0.3) is 10.0 Å². The summed E-state index contributed by atoms with van der Waals surface area (Å²) in [6.45, 7) is 2.69. The molecule has 0 aliphatic heterocycles. The number of ether oxygens (including phenoxy) is 1. The van der Waals surface area contributed by atoms with Gasteiger partial charge in [-0.25, -0.2) is 12.8 Å². The van der Waals surface area contributed by atoms with Crippen molar-refractivity contribution in [2.24, 2.45) is 0 Å². The molecule has 202 valence electrons. The second-order valence-corrected chi connectivity index (χ2v) is 10.6. The molecule has 3 aromatic rings. The predicted octanol–water partition coefficient (Wildman–Crippen LogP) is 4.24. The third-order valence-corrected chi connectivity index (χ3v) is 7.90. The van der Waals surface area contributed by atoms with Gasteiger partial charge in [0, 0.05) is 23.7 Å². The van der Waals surface area contributed by atoms with E-state index in [-0.39, 0.29) is 22.7 Å². The standard InChI is InChI=1S/C27H29ClFN3O5S/c1-4-30-27(34)19(2)31(17-20-7-5-6-8-25(20)29)26(33)18-32(22-11-9-21(28)10-12-22)38(35,36)24-15-13-23(37-3)14-16-24/h5-16,19H,4,17-18H2,1-3H3,(H,30,34). The molecular weight excluding hydrogens is 533 g/mol. The Labute approximate surface area is 227 Å². The molecule has 1 atom stereocenters. The number of methoxy groups -OCH3 is 1. The predicted molar refractivity (Wildman–Crippen MR) is 144 cm³/mol. The van der Waals surface area contributed by atoms with E-state index in [4.69, 9.17) is 16.3 Å². The molecular formula is C27H29ClFN3O5S. The number of carbonyl (C=O) groups is 2. The Bertz CT molecular complexity index is 1370. The van der Waals surface area contributed by atoms with E-state index in [1.807, 2.05) is 0 Å². The molecule has 0 fully saturated rings. The number of nitrogens with zero attached hydrogens (tertiary/aromatic N) is 2. The van der Waals surface area contributed by atoms with Crippen LogP contribution in [0.15, 0.2) is 77.7 Å². The van der Waals surface area contributed by atoms with Crippen LogP contribution in [0.5, 0.6) is 5.75 Å². The van der Waals surface area contributed by atoms with Crippen LogP contribution in [0.3, 0.4) is 0 Å². The molecule has 0 aliphatic rings. The van der Waals surface area contributed by atoms with E-state index < -0.39 is 40.2 Å². The molecule has 1 unspecified atom stereocenters. The van der Waals surface area contributed by atoms with Crippen molar-refractivity contribution in [1.29, 1.82) is 0 Å². The minimum absolute atomic E-state index is 0.0709. The number of benzene rings is 3. The van der Waals surface area contributed by atoms with Gasteiger partial charge < -0.3 is 15.0 Å². The van der Waals surface area contributed by atoms with E-state index in [2.05, 4.69) is 5.32 Å². The Morgan fingerprint density at radius 3 is 2.24 bits per heavy atom.